The number of rotatable bonds is 8. The normalized spacial score (nSPS) is 10.3. The number of methoxy groups -OCH3 is 2. The molecule has 0 atom stereocenters. The van der Waals surface area contributed by atoms with E-state index in [0.717, 1.165) is 44.9 Å². The fraction of sp³-hybridized carbons (Fsp3) is 0.200. The van der Waals surface area contributed by atoms with Gasteiger partial charge in [-0.3, -0.25) is 0 Å². The van der Waals surface area contributed by atoms with Gasteiger partial charge in [-0.25, -0.2) is 0 Å². The van der Waals surface area contributed by atoms with Crippen LogP contribution in [0.15, 0.2) is 84.9 Å². The summed E-state index contributed by atoms with van der Waals surface area (Å²) in [5.41, 5.74) is 6.00. The highest BCUT2D eigenvalue weighted by Gasteiger charge is 2.05. The fourth-order valence-electron chi connectivity index (χ4n) is 3.72. The summed E-state index contributed by atoms with van der Waals surface area (Å²) in [4.78, 5) is 0. The Morgan fingerprint density at radius 2 is 0.889 bits per heavy atom. The predicted molar refractivity (Wildman–Crippen MR) is 142 cm³/mol. The number of hydrogen-bond donors (Lipinski definition) is 4. The van der Waals surface area contributed by atoms with Gasteiger partial charge >= 0.3 is 0 Å². The highest BCUT2D eigenvalue weighted by Crippen LogP contribution is 2.30. The predicted octanol–water partition coefficient (Wildman–Crippen LogP) is 5.21. The molecule has 188 valence electrons. The van der Waals surface area contributed by atoms with E-state index in [9.17, 15) is 10.2 Å². The maximum Gasteiger partial charge on any atom is 0.123 e. The largest absolute Gasteiger partial charge is 0.508 e. The average molecular weight is 489 g/mol. The van der Waals surface area contributed by atoms with E-state index in [2.05, 4.69) is 0 Å². The molecule has 6 heteroatoms. The topological polar surface area (TPSA) is 99.4 Å². The molecule has 0 spiro atoms. The Morgan fingerprint density at radius 3 is 1.25 bits per heavy atom. The van der Waals surface area contributed by atoms with Crippen molar-refractivity contribution >= 4 is 0 Å². The first-order valence-electron chi connectivity index (χ1n) is 11.6. The van der Waals surface area contributed by atoms with Crippen LogP contribution < -0.4 is 9.47 Å². The van der Waals surface area contributed by atoms with Gasteiger partial charge in [0, 0.05) is 25.3 Å². The van der Waals surface area contributed by atoms with E-state index >= 15 is 0 Å². The number of ether oxygens (including phenoxy) is 2. The van der Waals surface area contributed by atoms with Crippen LogP contribution in [-0.2, 0) is 12.8 Å². The highest BCUT2D eigenvalue weighted by molar-refractivity contribution is 5.68. The van der Waals surface area contributed by atoms with Crippen LogP contribution >= 0.6 is 0 Å². The molecule has 4 rings (SSSR count). The number of aliphatic hydroxyl groups is 2. The van der Waals surface area contributed by atoms with Gasteiger partial charge in [0.25, 0.3) is 0 Å². The molecule has 4 aromatic carbocycles. The second-order valence-electron chi connectivity index (χ2n) is 8.18. The van der Waals surface area contributed by atoms with Crippen molar-refractivity contribution in [1.29, 1.82) is 0 Å². The summed E-state index contributed by atoms with van der Waals surface area (Å²) in [6.45, 7) is 0.304. The third kappa shape index (κ3) is 7.50. The van der Waals surface area contributed by atoms with Gasteiger partial charge in [-0.1, -0.05) is 48.5 Å². The summed E-state index contributed by atoms with van der Waals surface area (Å²) >= 11 is 0. The van der Waals surface area contributed by atoms with Crippen molar-refractivity contribution in [2.24, 2.45) is 0 Å². The maximum atomic E-state index is 9.40. The number of hydrogen-bond acceptors (Lipinski definition) is 6. The lowest BCUT2D eigenvalue weighted by molar-refractivity contribution is 0.299. The number of phenolic OH excluding ortho intramolecular Hbond substituents is 2. The standard InChI is InChI=1S/C16H18O3.C14H14O3/c1-18-15-9-14(10-16(11-15)19-2)13-5-3-12(4-6-13)7-8-17;15-6-5-10-1-3-11(4-2-10)12-7-13(16)9-14(17)8-12/h3-6,9-11,17H,7-8H2,1-2H3;1-4,7-9,15-17H,5-6H2. The van der Waals surface area contributed by atoms with Gasteiger partial charge in [-0.05, 0) is 70.5 Å². The zero-order chi connectivity index (χ0) is 25.9. The molecule has 0 amide bonds. The minimum atomic E-state index is 0.0411. The number of aromatic hydroxyl groups is 2. The highest BCUT2D eigenvalue weighted by atomic mass is 16.5. The van der Waals surface area contributed by atoms with Gasteiger partial charge in [0.15, 0.2) is 0 Å². The van der Waals surface area contributed by atoms with Gasteiger partial charge in [-0.15, -0.1) is 0 Å². The Morgan fingerprint density at radius 1 is 0.500 bits per heavy atom. The Balaban J connectivity index is 0.000000202. The van der Waals surface area contributed by atoms with Gasteiger partial charge in [0.2, 0.25) is 0 Å². The van der Waals surface area contributed by atoms with Gasteiger partial charge in [-0.2, -0.15) is 0 Å². The van der Waals surface area contributed by atoms with Crippen LogP contribution in [-0.4, -0.2) is 47.9 Å². The SMILES string of the molecule is COc1cc(OC)cc(-c2ccc(CCO)cc2)c1.OCCc1ccc(-c2cc(O)cc(O)c2)cc1. The average Bonchev–Trinajstić information content (AvgIpc) is 2.89. The van der Waals surface area contributed by atoms with E-state index in [-0.39, 0.29) is 24.7 Å². The third-order valence-electron chi connectivity index (χ3n) is 5.63. The molecule has 0 saturated carbocycles. The summed E-state index contributed by atoms with van der Waals surface area (Å²) in [7, 11) is 3.28. The molecule has 4 aromatic rings. The Hall–Kier alpha value is -4.00. The molecule has 6 nitrogen and oxygen atoms in total. The zero-order valence-corrected chi connectivity index (χ0v) is 20.5. The van der Waals surface area contributed by atoms with E-state index in [0.29, 0.717) is 12.8 Å². The molecule has 0 unspecified atom stereocenters. The van der Waals surface area contributed by atoms with Crippen molar-refractivity contribution in [1.82, 2.24) is 0 Å². The molecule has 0 aliphatic rings. The molecule has 0 radical (unpaired) electrons. The van der Waals surface area contributed by atoms with Crippen LogP contribution in [0.4, 0.5) is 0 Å². The van der Waals surface area contributed by atoms with Crippen molar-refractivity contribution in [3.05, 3.63) is 96.1 Å². The second kappa shape index (κ2) is 13.2. The minimum absolute atomic E-state index is 0.0411. The van der Waals surface area contributed by atoms with Gasteiger partial charge in [0.1, 0.15) is 23.0 Å². The Kier molecular flexibility index (Phi) is 9.74. The summed E-state index contributed by atoms with van der Waals surface area (Å²) < 4.78 is 10.5. The van der Waals surface area contributed by atoms with Crippen molar-refractivity contribution < 1.29 is 29.9 Å². The van der Waals surface area contributed by atoms with Crippen molar-refractivity contribution in [3.63, 3.8) is 0 Å². The molecule has 0 aromatic heterocycles. The molecular formula is C30H32O6. The van der Waals surface area contributed by atoms with E-state index in [1.807, 2.05) is 66.7 Å². The lowest BCUT2D eigenvalue weighted by Gasteiger charge is -2.09. The number of benzene rings is 4. The molecule has 4 N–H and O–H groups in total. The molecular weight excluding hydrogens is 456 g/mol. The lowest BCUT2D eigenvalue weighted by atomic mass is 10.0. The van der Waals surface area contributed by atoms with Gasteiger partial charge in [0.05, 0.1) is 14.2 Å². The van der Waals surface area contributed by atoms with Crippen LogP contribution in [0.25, 0.3) is 22.3 Å². The second-order valence-corrected chi connectivity index (χ2v) is 8.18. The fourth-order valence-corrected chi connectivity index (χ4v) is 3.72. The summed E-state index contributed by atoms with van der Waals surface area (Å²) in [6.07, 6.45) is 1.31. The first-order valence-corrected chi connectivity index (χ1v) is 11.6. The third-order valence-corrected chi connectivity index (χ3v) is 5.63. The first kappa shape index (κ1) is 26.6. The monoisotopic (exact) mass is 488 g/mol. The van der Waals surface area contributed by atoms with E-state index in [4.69, 9.17) is 19.7 Å². The number of aliphatic hydroxyl groups excluding tert-OH is 2. The lowest BCUT2D eigenvalue weighted by Crippen LogP contribution is -1.91. The van der Waals surface area contributed by atoms with Gasteiger partial charge < -0.3 is 29.9 Å². The smallest absolute Gasteiger partial charge is 0.123 e. The molecule has 0 aliphatic heterocycles. The van der Waals surface area contributed by atoms with E-state index in [1.165, 1.54) is 6.07 Å². The van der Waals surface area contributed by atoms with Crippen LogP contribution in [0.5, 0.6) is 23.0 Å². The first-order chi connectivity index (χ1) is 17.4. The molecule has 0 aliphatic carbocycles. The zero-order valence-electron chi connectivity index (χ0n) is 20.5. The number of phenols is 2. The Labute approximate surface area is 211 Å². The minimum Gasteiger partial charge on any atom is -0.508 e. The van der Waals surface area contributed by atoms with Crippen LogP contribution in [0.2, 0.25) is 0 Å². The molecule has 0 fully saturated rings. The van der Waals surface area contributed by atoms with E-state index < -0.39 is 0 Å². The summed E-state index contributed by atoms with van der Waals surface area (Å²) in [5.74, 6) is 1.63. The molecule has 0 saturated heterocycles. The van der Waals surface area contributed by atoms with Crippen LogP contribution in [0.1, 0.15) is 11.1 Å². The molecule has 0 bridgehead atoms. The Bertz CT molecular complexity index is 1190. The molecule has 0 heterocycles. The maximum absolute atomic E-state index is 9.40. The van der Waals surface area contributed by atoms with Crippen molar-refractivity contribution in [2.45, 2.75) is 12.8 Å². The summed E-state index contributed by atoms with van der Waals surface area (Å²) in [6, 6.07) is 26.1. The van der Waals surface area contributed by atoms with Crippen molar-refractivity contribution in [3.8, 4) is 45.3 Å². The van der Waals surface area contributed by atoms with E-state index in [1.54, 1.807) is 26.4 Å². The van der Waals surface area contributed by atoms with Crippen LogP contribution in [0.3, 0.4) is 0 Å². The van der Waals surface area contributed by atoms with Crippen molar-refractivity contribution in [2.75, 3.05) is 27.4 Å². The quantitative estimate of drug-likeness (QED) is 0.272. The molecule has 36 heavy (non-hydrogen) atoms. The summed E-state index contributed by atoms with van der Waals surface area (Å²) in [5, 5.41) is 36.5. The van der Waals surface area contributed by atoms with Crippen LogP contribution in [0, 0.1) is 0 Å².